The minimum absolute atomic E-state index is 0.0207. The van der Waals surface area contributed by atoms with Gasteiger partial charge in [-0.1, -0.05) is 41.1 Å². The summed E-state index contributed by atoms with van der Waals surface area (Å²) in [5.74, 6) is -2.10. The van der Waals surface area contributed by atoms with Gasteiger partial charge in [-0.2, -0.15) is 0 Å². The van der Waals surface area contributed by atoms with Gasteiger partial charge in [-0.25, -0.2) is 4.39 Å². The largest absolute Gasteiger partial charge is 0.481 e. The first-order valence-electron chi connectivity index (χ1n) is 9.78. The van der Waals surface area contributed by atoms with Crippen LogP contribution in [-0.4, -0.2) is 50.1 Å². The van der Waals surface area contributed by atoms with Gasteiger partial charge >= 0.3 is 5.97 Å². The van der Waals surface area contributed by atoms with Crippen molar-refractivity contribution in [2.45, 2.75) is 25.8 Å². The van der Waals surface area contributed by atoms with E-state index in [1.54, 1.807) is 24.3 Å². The molecule has 3 rings (SSSR count). The molecule has 0 bridgehead atoms. The van der Waals surface area contributed by atoms with Gasteiger partial charge in [0.1, 0.15) is 5.82 Å². The number of hydrogen-bond donors (Lipinski definition) is 4. The Labute approximate surface area is 188 Å². The van der Waals surface area contributed by atoms with Crippen molar-refractivity contribution in [3.05, 3.63) is 70.8 Å². The third kappa shape index (κ3) is 5.49. The molecule has 1 unspecified atom stereocenters. The molecule has 10 heteroatoms. The summed E-state index contributed by atoms with van der Waals surface area (Å²) in [6, 6.07) is 10.7. The maximum atomic E-state index is 14.1. The number of aliphatic hydroxyl groups excluding tert-OH is 1. The number of rotatable bonds is 9. The first-order chi connectivity index (χ1) is 15.2. The molecule has 1 aromatic heterocycles. The second kappa shape index (κ2) is 9.88. The van der Waals surface area contributed by atoms with E-state index in [-0.39, 0.29) is 18.5 Å². The molecule has 0 aliphatic heterocycles. The number of H-pyrrole nitrogens is 1. The first-order valence-corrected chi connectivity index (χ1v) is 10.2. The number of nitrogens with one attached hydrogen (secondary N) is 2. The van der Waals surface area contributed by atoms with Crippen LogP contribution in [0.4, 0.5) is 4.39 Å². The summed E-state index contributed by atoms with van der Waals surface area (Å²) in [4.78, 5) is 24.1. The third-order valence-electron chi connectivity index (χ3n) is 5.22. The summed E-state index contributed by atoms with van der Waals surface area (Å²) in [6.07, 6.45) is 1.58. The van der Waals surface area contributed by atoms with Crippen LogP contribution in [0.3, 0.4) is 0 Å². The van der Waals surface area contributed by atoms with Crippen LogP contribution in [0.15, 0.2) is 48.7 Å². The molecule has 0 spiro atoms. The molecule has 2 aromatic carbocycles. The van der Waals surface area contributed by atoms with E-state index in [0.29, 0.717) is 16.1 Å². The number of amides is 1. The van der Waals surface area contributed by atoms with Crippen LogP contribution in [0.25, 0.3) is 11.1 Å². The Kier molecular flexibility index (Phi) is 7.22. The fourth-order valence-corrected chi connectivity index (χ4v) is 3.51. The molecular weight excluding hydrogens is 439 g/mol. The molecule has 2 atom stereocenters. The zero-order valence-corrected chi connectivity index (χ0v) is 17.9. The minimum atomic E-state index is -1.45. The van der Waals surface area contributed by atoms with E-state index >= 15 is 0 Å². The molecule has 168 valence electrons. The van der Waals surface area contributed by atoms with Gasteiger partial charge < -0.3 is 15.5 Å². The van der Waals surface area contributed by atoms with Gasteiger partial charge in [-0.05, 0) is 49.1 Å². The highest BCUT2D eigenvalue weighted by Crippen LogP contribution is 2.28. The van der Waals surface area contributed by atoms with Crippen LogP contribution in [-0.2, 0) is 11.2 Å². The molecule has 0 saturated carbocycles. The van der Waals surface area contributed by atoms with Crippen LogP contribution in [0, 0.1) is 11.2 Å². The van der Waals surface area contributed by atoms with Crippen molar-refractivity contribution in [1.82, 2.24) is 20.7 Å². The first kappa shape index (κ1) is 23.4. The Hall–Kier alpha value is -3.30. The number of aliphatic hydroxyl groups is 1. The number of carboxylic acids is 1. The number of aromatic nitrogens is 3. The number of aromatic amines is 1. The summed E-state index contributed by atoms with van der Waals surface area (Å²) in [5.41, 5.74) is 0.377. The highest BCUT2D eigenvalue weighted by atomic mass is 35.5. The lowest BCUT2D eigenvalue weighted by Crippen LogP contribution is -2.44. The molecular formula is C22H22ClFN4O4. The standard InChI is InChI=1S/C22H22ClFN4O4/c1-22(12-29,21(31)32)10-16(26-20(30)19-11-25-28-27-19)8-13-2-4-14(5-3-13)17-9-15(23)6-7-18(17)24/h2-7,9,11,16,29H,8,10,12H2,1H3,(H,26,30)(H,31,32)(H,25,27,28)/t16-,22?/m1/s1. The molecule has 0 aliphatic rings. The maximum Gasteiger partial charge on any atom is 0.311 e. The van der Waals surface area contributed by atoms with Crippen molar-refractivity contribution in [3.63, 3.8) is 0 Å². The molecule has 1 heterocycles. The number of aliphatic carboxylic acids is 1. The third-order valence-corrected chi connectivity index (χ3v) is 5.46. The van der Waals surface area contributed by atoms with Crippen LogP contribution >= 0.6 is 11.6 Å². The van der Waals surface area contributed by atoms with E-state index in [9.17, 15) is 24.2 Å². The lowest BCUT2D eigenvalue weighted by Gasteiger charge is -2.28. The highest BCUT2D eigenvalue weighted by molar-refractivity contribution is 6.30. The van der Waals surface area contributed by atoms with Gasteiger partial charge in [0, 0.05) is 16.6 Å². The Morgan fingerprint density at radius 3 is 2.56 bits per heavy atom. The van der Waals surface area contributed by atoms with Gasteiger partial charge in [-0.3, -0.25) is 14.7 Å². The van der Waals surface area contributed by atoms with Crippen molar-refractivity contribution in [2.75, 3.05) is 6.61 Å². The van der Waals surface area contributed by atoms with Crippen LogP contribution < -0.4 is 5.32 Å². The fourth-order valence-electron chi connectivity index (χ4n) is 3.33. The summed E-state index contributed by atoms with van der Waals surface area (Å²) in [7, 11) is 0. The quantitative estimate of drug-likeness (QED) is 0.388. The van der Waals surface area contributed by atoms with Gasteiger partial charge in [0.05, 0.1) is 18.2 Å². The van der Waals surface area contributed by atoms with Crippen molar-refractivity contribution in [3.8, 4) is 11.1 Å². The number of benzene rings is 2. The molecule has 0 fully saturated rings. The van der Waals surface area contributed by atoms with Crippen molar-refractivity contribution >= 4 is 23.5 Å². The highest BCUT2D eigenvalue weighted by Gasteiger charge is 2.36. The number of carboxylic acid groups (broad SMARTS) is 1. The van der Waals surface area contributed by atoms with Gasteiger partial charge in [0.15, 0.2) is 5.69 Å². The number of nitrogens with zero attached hydrogens (tertiary/aromatic N) is 2. The lowest BCUT2D eigenvalue weighted by molar-refractivity contribution is -0.151. The number of hydrogen-bond acceptors (Lipinski definition) is 5. The van der Waals surface area contributed by atoms with E-state index in [1.165, 1.54) is 31.3 Å². The van der Waals surface area contributed by atoms with E-state index in [0.717, 1.165) is 5.56 Å². The SMILES string of the molecule is CC(CO)(C[C@@H](Cc1ccc(-c2cc(Cl)ccc2F)cc1)NC(=O)c1c[nH]nn1)C(=O)O. The van der Waals surface area contributed by atoms with Crippen LogP contribution in [0.2, 0.25) is 5.02 Å². The number of carbonyl (C=O) groups excluding carboxylic acids is 1. The van der Waals surface area contributed by atoms with E-state index < -0.39 is 35.8 Å². The maximum absolute atomic E-state index is 14.1. The Morgan fingerprint density at radius 1 is 1.25 bits per heavy atom. The number of carbonyl (C=O) groups is 2. The zero-order chi connectivity index (χ0) is 23.3. The average molecular weight is 461 g/mol. The van der Waals surface area contributed by atoms with Crippen molar-refractivity contribution in [1.29, 1.82) is 0 Å². The minimum Gasteiger partial charge on any atom is -0.481 e. The molecule has 8 nitrogen and oxygen atoms in total. The van der Waals surface area contributed by atoms with E-state index in [1.807, 2.05) is 0 Å². The topological polar surface area (TPSA) is 128 Å². The van der Waals surface area contributed by atoms with Crippen LogP contribution in [0.5, 0.6) is 0 Å². The predicted molar refractivity (Wildman–Crippen MR) is 116 cm³/mol. The van der Waals surface area contributed by atoms with Gasteiger partial charge in [0.25, 0.3) is 5.91 Å². The van der Waals surface area contributed by atoms with Gasteiger partial charge in [0.2, 0.25) is 0 Å². The molecule has 0 radical (unpaired) electrons. The summed E-state index contributed by atoms with van der Waals surface area (Å²) in [5, 5.41) is 31.9. The lowest BCUT2D eigenvalue weighted by atomic mass is 9.82. The number of halogens is 2. The molecule has 0 saturated heterocycles. The zero-order valence-electron chi connectivity index (χ0n) is 17.2. The van der Waals surface area contributed by atoms with E-state index in [2.05, 4.69) is 20.7 Å². The Morgan fingerprint density at radius 2 is 1.97 bits per heavy atom. The molecule has 1 amide bonds. The summed E-state index contributed by atoms with van der Waals surface area (Å²) >= 11 is 5.97. The van der Waals surface area contributed by atoms with Crippen LogP contribution in [0.1, 0.15) is 29.4 Å². The van der Waals surface area contributed by atoms with Gasteiger partial charge in [-0.15, -0.1) is 5.10 Å². The Bertz CT molecular complexity index is 1090. The molecule has 32 heavy (non-hydrogen) atoms. The molecule has 3 aromatic rings. The second-order valence-electron chi connectivity index (χ2n) is 7.78. The second-order valence-corrected chi connectivity index (χ2v) is 8.22. The normalized spacial score (nSPS) is 13.9. The summed E-state index contributed by atoms with van der Waals surface area (Å²) < 4.78 is 14.1. The Balaban J connectivity index is 1.82. The van der Waals surface area contributed by atoms with Crippen molar-refractivity contribution in [2.24, 2.45) is 5.41 Å². The smallest absolute Gasteiger partial charge is 0.311 e. The van der Waals surface area contributed by atoms with E-state index in [4.69, 9.17) is 11.6 Å². The molecule has 4 N–H and O–H groups in total. The monoisotopic (exact) mass is 460 g/mol. The predicted octanol–water partition coefficient (Wildman–Crippen LogP) is 3.08. The summed E-state index contributed by atoms with van der Waals surface area (Å²) in [6.45, 7) is 0.821. The fraction of sp³-hybridized carbons (Fsp3) is 0.273. The van der Waals surface area contributed by atoms with Crippen molar-refractivity contribution < 1.29 is 24.2 Å². The average Bonchev–Trinajstić information content (AvgIpc) is 3.31. The molecule has 0 aliphatic carbocycles.